The number of carbonyl (C=O) groups excluding carboxylic acids is 1. The van der Waals surface area contributed by atoms with E-state index >= 15 is 0 Å². The van der Waals surface area contributed by atoms with Crippen LogP contribution in [0.1, 0.15) is 31.4 Å². The van der Waals surface area contributed by atoms with Gasteiger partial charge in [0.05, 0.1) is 15.6 Å². The van der Waals surface area contributed by atoms with Crippen molar-refractivity contribution >= 4 is 38.7 Å². The lowest BCUT2D eigenvalue weighted by atomic mass is 10.1. The summed E-state index contributed by atoms with van der Waals surface area (Å²) in [5.74, 6) is -0.698. The van der Waals surface area contributed by atoms with Crippen LogP contribution in [-0.2, 0) is 26.0 Å². The Morgan fingerprint density at radius 1 is 1.07 bits per heavy atom. The Bertz CT molecular complexity index is 1150. The van der Waals surface area contributed by atoms with Gasteiger partial charge in [-0.15, -0.1) is 11.3 Å². The molecular weight excluding hydrogens is 442 g/mol. The average molecular weight is 462 g/mol. The van der Waals surface area contributed by atoms with Gasteiger partial charge in [0.25, 0.3) is 0 Å². The van der Waals surface area contributed by atoms with Crippen molar-refractivity contribution in [3.05, 3.63) is 70.7 Å². The van der Waals surface area contributed by atoms with E-state index < -0.39 is 20.6 Å². The highest BCUT2D eigenvalue weighted by Crippen LogP contribution is 2.41. The third kappa shape index (κ3) is 3.77. The van der Waals surface area contributed by atoms with Crippen LogP contribution in [0.5, 0.6) is 0 Å². The van der Waals surface area contributed by atoms with Crippen LogP contribution < -0.4 is 0 Å². The zero-order valence-corrected chi connectivity index (χ0v) is 18.5. The van der Waals surface area contributed by atoms with E-state index in [0.717, 1.165) is 10.6 Å². The highest BCUT2D eigenvalue weighted by atomic mass is 35.5. The fourth-order valence-electron chi connectivity index (χ4n) is 3.76. The summed E-state index contributed by atoms with van der Waals surface area (Å²) in [7, 11) is -3.86. The second-order valence-corrected chi connectivity index (χ2v) is 10.7. The normalized spacial score (nSPS) is 15.8. The Kier molecular flexibility index (Phi) is 5.95. The molecule has 1 aliphatic rings. The molecule has 1 saturated carbocycles. The van der Waals surface area contributed by atoms with Crippen molar-refractivity contribution in [1.82, 2.24) is 4.98 Å². The zero-order valence-electron chi connectivity index (χ0n) is 16.1. The van der Waals surface area contributed by atoms with Crippen molar-refractivity contribution in [3.63, 3.8) is 0 Å². The monoisotopic (exact) mass is 461 g/mol. The highest BCUT2D eigenvalue weighted by molar-refractivity contribution is 7.93. The van der Waals surface area contributed by atoms with E-state index in [-0.39, 0.29) is 24.3 Å². The first kappa shape index (κ1) is 21.0. The maximum Gasteiger partial charge on any atom is 0.328 e. The molecule has 0 saturated heterocycles. The van der Waals surface area contributed by atoms with Gasteiger partial charge in [0.2, 0.25) is 0 Å². The Morgan fingerprint density at radius 2 is 1.73 bits per heavy atom. The predicted octanol–water partition coefficient (Wildman–Crippen LogP) is 5.29. The van der Waals surface area contributed by atoms with Crippen LogP contribution in [0.3, 0.4) is 0 Å². The lowest BCUT2D eigenvalue weighted by molar-refractivity contribution is -0.148. The number of benzene rings is 2. The molecule has 4 rings (SSSR count). The number of halogens is 1. The van der Waals surface area contributed by atoms with E-state index in [1.807, 2.05) is 18.2 Å². The molecule has 0 bridgehead atoms. The molecule has 0 amide bonds. The molecule has 8 heteroatoms. The van der Waals surface area contributed by atoms with Crippen molar-refractivity contribution in [3.8, 4) is 10.6 Å². The molecule has 30 heavy (non-hydrogen) atoms. The van der Waals surface area contributed by atoms with Crippen LogP contribution in [0.4, 0.5) is 0 Å². The maximum absolute atomic E-state index is 13.3. The number of hydrogen-bond donors (Lipinski definition) is 0. The van der Waals surface area contributed by atoms with Crippen LogP contribution in [0, 0.1) is 0 Å². The Morgan fingerprint density at radius 3 is 2.43 bits per heavy atom. The molecular formula is C22H20ClNO4S2. The Balaban J connectivity index is 1.54. The van der Waals surface area contributed by atoms with E-state index in [1.165, 1.54) is 23.5 Å². The molecule has 0 spiro atoms. The smallest absolute Gasteiger partial charge is 0.328 e. The lowest BCUT2D eigenvalue weighted by Gasteiger charge is -2.26. The van der Waals surface area contributed by atoms with Gasteiger partial charge in [0.15, 0.2) is 14.6 Å². The molecule has 0 unspecified atom stereocenters. The molecule has 0 aliphatic heterocycles. The van der Waals surface area contributed by atoms with Crippen LogP contribution in [0.15, 0.2) is 64.9 Å². The highest BCUT2D eigenvalue weighted by Gasteiger charge is 2.54. The number of rotatable bonds is 6. The minimum atomic E-state index is -3.86. The Labute approximate surface area is 184 Å². The fraction of sp³-hybridized carbons (Fsp3) is 0.273. The van der Waals surface area contributed by atoms with Crippen LogP contribution in [-0.4, -0.2) is 24.1 Å². The molecule has 0 radical (unpaired) electrons. The van der Waals surface area contributed by atoms with Gasteiger partial charge in [-0.1, -0.05) is 60.8 Å². The summed E-state index contributed by atoms with van der Waals surface area (Å²) in [6, 6.07) is 15.5. The first-order chi connectivity index (χ1) is 14.4. The predicted molar refractivity (Wildman–Crippen MR) is 117 cm³/mol. The van der Waals surface area contributed by atoms with Crippen molar-refractivity contribution in [2.45, 2.75) is 41.9 Å². The van der Waals surface area contributed by atoms with Gasteiger partial charge in [0, 0.05) is 10.9 Å². The van der Waals surface area contributed by atoms with E-state index in [9.17, 15) is 13.2 Å². The summed E-state index contributed by atoms with van der Waals surface area (Å²) in [5.41, 5.74) is 1.37. The minimum absolute atomic E-state index is 0.0775. The molecule has 1 aromatic heterocycles. The number of esters is 1. The van der Waals surface area contributed by atoms with Crippen molar-refractivity contribution in [2.24, 2.45) is 0 Å². The fourth-order valence-corrected chi connectivity index (χ4v) is 6.95. The molecule has 156 valence electrons. The molecule has 2 aromatic carbocycles. The number of carbonyl (C=O) groups is 1. The van der Waals surface area contributed by atoms with Gasteiger partial charge in [0.1, 0.15) is 11.6 Å². The van der Waals surface area contributed by atoms with Crippen LogP contribution in [0.2, 0.25) is 5.02 Å². The standard InChI is InChI=1S/C22H20ClNO4S2/c23-19-11-5-4-10-18(19)20-24-16(15-29-20)14-28-21(25)22(12-6-7-13-22)30(26,27)17-8-2-1-3-9-17/h1-5,8-11,15H,6-7,12-14H2. The second-order valence-electron chi connectivity index (χ2n) is 7.22. The quantitative estimate of drug-likeness (QED) is 0.466. The number of hydrogen-bond acceptors (Lipinski definition) is 6. The average Bonchev–Trinajstić information content (AvgIpc) is 3.44. The number of ether oxygens (including phenoxy) is 1. The summed E-state index contributed by atoms with van der Waals surface area (Å²) in [6.07, 6.45) is 1.89. The number of thiazole rings is 1. The van der Waals surface area contributed by atoms with E-state index in [2.05, 4.69) is 4.98 Å². The molecule has 1 heterocycles. The van der Waals surface area contributed by atoms with Gasteiger partial charge in [-0.25, -0.2) is 13.4 Å². The molecule has 3 aromatic rings. The summed E-state index contributed by atoms with van der Waals surface area (Å²) in [4.78, 5) is 17.7. The van der Waals surface area contributed by atoms with Gasteiger partial charge >= 0.3 is 5.97 Å². The van der Waals surface area contributed by atoms with Crippen molar-refractivity contribution in [2.75, 3.05) is 0 Å². The minimum Gasteiger partial charge on any atom is -0.458 e. The van der Waals surface area contributed by atoms with Gasteiger partial charge < -0.3 is 4.74 Å². The summed E-state index contributed by atoms with van der Waals surface area (Å²) >= 11 is 7.62. The van der Waals surface area contributed by atoms with Crippen molar-refractivity contribution in [1.29, 1.82) is 0 Å². The maximum atomic E-state index is 13.3. The zero-order chi connectivity index (χ0) is 21.2. The van der Waals surface area contributed by atoms with E-state index in [1.54, 1.807) is 29.6 Å². The number of sulfone groups is 1. The van der Waals surface area contributed by atoms with Crippen LogP contribution in [0.25, 0.3) is 10.6 Å². The Hall–Kier alpha value is -2.22. The molecule has 5 nitrogen and oxygen atoms in total. The summed E-state index contributed by atoms with van der Waals surface area (Å²) in [5, 5.41) is 3.10. The summed E-state index contributed by atoms with van der Waals surface area (Å²) < 4.78 is 30.6. The van der Waals surface area contributed by atoms with Gasteiger partial charge in [-0.3, -0.25) is 4.79 Å². The molecule has 1 aliphatic carbocycles. The summed E-state index contributed by atoms with van der Waals surface area (Å²) in [6.45, 7) is -0.0775. The van der Waals surface area contributed by atoms with E-state index in [0.29, 0.717) is 23.6 Å². The van der Waals surface area contributed by atoms with E-state index in [4.69, 9.17) is 16.3 Å². The molecule has 0 N–H and O–H groups in total. The third-order valence-electron chi connectivity index (χ3n) is 5.36. The largest absolute Gasteiger partial charge is 0.458 e. The number of aromatic nitrogens is 1. The van der Waals surface area contributed by atoms with Crippen LogP contribution >= 0.6 is 22.9 Å². The first-order valence-corrected chi connectivity index (χ1v) is 12.3. The van der Waals surface area contributed by atoms with Gasteiger partial charge in [-0.05, 0) is 31.0 Å². The first-order valence-electron chi connectivity index (χ1n) is 9.60. The SMILES string of the molecule is O=C(OCc1csc(-c2ccccc2Cl)n1)C1(S(=O)(=O)c2ccccc2)CCCC1. The topological polar surface area (TPSA) is 73.3 Å². The van der Waals surface area contributed by atoms with Gasteiger partial charge in [-0.2, -0.15) is 0 Å². The number of nitrogens with zero attached hydrogens (tertiary/aromatic N) is 1. The second kappa shape index (κ2) is 8.49. The molecule has 0 atom stereocenters. The lowest BCUT2D eigenvalue weighted by Crippen LogP contribution is -2.45. The third-order valence-corrected chi connectivity index (χ3v) is 9.11. The molecule has 1 fully saturated rings. The van der Waals surface area contributed by atoms with Crippen molar-refractivity contribution < 1.29 is 17.9 Å².